The first kappa shape index (κ1) is 21.6. The van der Waals surface area contributed by atoms with E-state index in [-0.39, 0.29) is 23.8 Å². The van der Waals surface area contributed by atoms with Crippen LogP contribution in [0.15, 0.2) is 36.4 Å². The lowest BCUT2D eigenvalue weighted by Crippen LogP contribution is -2.50. The Morgan fingerprint density at radius 2 is 2.03 bits per heavy atom. The molecule has 2 N–H and O–H groups in total. The van der Waals surface area contributed by atoms with E-state index in [9.17, 15) is 14.3 Å². The molecule has 2 aliphatic rings. The number of rotatable bonds is 7. The summed E-state index contributed by atoms with van der Waals surface area (Å²) in [5.74, 6) is 0.0616. The summed E-state index contributed by atoms with van der Waals surface area (Å²) in [5.41, 5.74) is 3.11. The third kappa shape index (κ3) is 4.11. The van der Waals surface area contributed by atoms with Gasteiger partial charge in [-0.25, -0.2) is 4.98 Å². The van der Waals surface area contributed by atoms with Crippen LogP contribution < -0.4 is 15.0 Å². The van der Waals surface area contributed by atoms with Crippen molar-refractivity contribution >= 4 is 11.6 Å². The van der Waals surface area contributed by atoms with E-state index < -0.39 is 12.1 Å². The lowest BCUT2D eigenvalue weighted by atomic mass is 9.68. The van der Waals surface area contributed by atoms with Crippen LogP contribution in [0.2, 0.25) is 0 Å². The number of carbonyl (C=O) groups excluding carboxylic acids is 1. The maximum absolute atomic E-state index is 13.5. The van der Waals surface area contributed by atoms with Gasteiger partial charge >= 0.3 is 0 Å². The van der Waals surface area contributed by atoms with E-state index in [1.165, 1.54) is 0 Å². The highest BCUT2D eigenvalue weighted by Crippen LogP contribution is 2.45. The predicted octanol–water partition coefficient (Wildman–Crippen LogP) is 2.98. The van der Waals surface area contributed by atoms with Crippen LogP contribution in [-0.2, 0) is 11.4 Å². The van der Waals surface area contributed by atoms with E-state index in [0.29, 0.717) is 32.1 Å². The Morgan fingerprint density at radius 3 is 2.68 bits per heavy atom. The van der Waals surface area contributed by atoms with Crippen molar-refractivity contribution in [2.24, 2.45) is 11.3 Å². The van der Waals surface area contributed by atoms with Gasteiger partial charge in [-0.3, -0.25) is 9.18 Å². The van der Waals surface area contributed by atoms with E-state index in [1.807, 2.05) is 57.2 Å². The highest BCUT2D eigenvalue weighted by molar-refractivity contribution is 5.86. The zero-order chi connectivity index (χ0) is 22.2. The summed E-state index contributed by atoms with van der Waals surface area (Å²) in [5, 5.41) is 12.3. The van der Waals surface area contributed by atoms with Crippen LogP contribution in [-0.4, -0.2) is 48.4 Å². The molecule has 0 aliphatic carbocycles. The summed E-state index contributed by atoms with van der Waals surface area (Å²) in [6, 6.07) is 11.8. The second kappa shape index (κ2) is 8.46. The summed E-state index contributed by atoms with van der Waals surface area (Å²) < 4.78 is 19.4. The predicted molar refractivity (Wildman–Crippen MR) is 117 cm³/mol. The van der Waals surface area contributed by atoms with Gasteiger partial charge in [0.05, 0.1) is 18.2 Å². The Morgan fingerprint density at radius 1 is 1.32 bits per heavy atom. The van der Waals surface area contributed by atoms with Crippen molar-refractivity contribution in [1.29, 1.82) is 0 Å². The van der Waals surface area contributed by atoms with E-state index in [4.69, 9.17) is 4.74 Å². The molecule has 4 rings (SSSR count). The third-order valence-electron chi connectivity index (χ3n) is 6.94. The molecule has 1 amide bonds. The molecule has 6 nitrogen and oxygen atoms in total. The molecule has 1 aromatic carbocycles. The fourth-order valence-corrected chi connectivity index (χ4v) is 4.52. The van der Waals surface area contributed by atoms with Gasteiger partial charge in [0.15, 0.2) is 0 Å². The van der Waals surface area contributed by atoms with Crippen LogP contribution in [0, 0.1) is 18.3 Å². The Kier molecular flexibility index (Phi) is 5.88. The molecule has 3 heterocycles. The molecule has 2 aromatic rings. The third-order valence-corrected chi connectivity index (χ3v) is 6.94. The average Bonchev–Trinajstić information content (AvgIpc) is 3.04. The normalized spacial score (nSPS) is 24.6. The minimum absolute atomic E-state index is 0.0777. The maximum Gasteiger partial charge on any atom is 0.227 e. The lowest BCUT2D eigenvalue weighted by molar-refractivity contribution is -0.129. The average molecular weight is 428 g/mol. The molecule has 31 heavy (non-hydrogen) atoms. The monoisotopic (exact) mass is 427 g/mol. The molecule has 2 aliphatic heterocycles. The Balaban J connectivity index is 1.42. The van der Waals surface area contributed by atoms with Crippen molar-refractivity contribution in [2.45, 2.75) is 39.4 Å². The first-order valence-electron chi connectivity index (χ1n) is 10.8. The molecule has 2 fully saturated rings. The first-order chi connectivity index (χ1) is 14.8. The van der Waals surface area contributed by atoms with Gasteiger partial charge in [0, 0.05) is 43.0 Å². The number of β-amino-alcohol motifs (C(OH)–C–C–N with tert-alkyl or cyclic N) is 1. The molecular formula is C24H30FN3O3. The van der Waals surface area contributed by atoms with Crippen LogP contribution >= 0.6 is 0 Å². The molecule has 1 aromatic heterocycles. The van der Waals surface area contributed by atoms with Crippen LogP contribution in [0.25, 0.3) is 0 Å². The van der Waals surface area contributed by atoms with Crippen molar-refractivity contribution in [3.8, 4) is 5.88 Å². The zero-order valence-corrected chi connectivity index (χ0v) is 18.3. The molecule has 0 spiro atoms. The number of nitrogens with one attached hydrogen (secondary N) is 1. The van der Waals surface area contributed by atoms with Gasteiger partial charge in [-0.1, -0.05) is 31.2 Å². The standard InChI is InChI=1S/C24H30FN3O3/c1-15-8-20(28-12-21(29)13-28)9-22(27-15)31-14-17-4-6-18(7-5-17)16(2)24(3)19(10-25)11-26-23(24)30/h4-9,16,19,21,29H,10-14H2,1-3H3,(H,26,30)/t16-,19+,24-/m1/s1. The van der Waals surface area contributed by atoms with Crippen LogP contribution in [0.3, 0.4) is 0 Å². The Bertz CT molecular complexity index is 946. The zero-order valence-electron chi connectivity index (χ0n) is 18.3. The number of nitrogens with zero attached hydrogens (tertiary/aromatic N) is 2. The number of aliphatic hydroxyl groups excluding tert-OH is 1. The summed E-state index contributed by atoms with van der Waals surface area (Å²) in [6.45, 7) is 7.29. The molecule has 3 atom stereocenters. The van der Waals surface area contributed by atoms with Gasteiger partial charge in [-0.15, -0.1) is 0 Å². The van der Waals surface area contributed by atoms with Gasteiger partial charge < -0.3 is 20.1 Å². The Labute approximate surface area is 182 Å². The number of pyridine rings is 1. The molecule has 0 bridgehead atoms. The number of hydrogen-bond acceptors (Lipinski definition) is 5. The number of alkyl halides is 1. The second-order valence-electron chi connectivity index (χ2n) is 8.96. The van der Waals surface area contributed by atoms with Crippen molar-refractivity contribution in [3.05, 3.63) is 53.2 Å². The van der Waals surface area contributed by atoms with E-state index in [0.717, 1.165) is 22.5 Å². The van der Waals surface area contributed by atoms with Crippen LogP contribution in [0.1, 0.15) is 36.6 Å². The molecule has 166 valence electrons. The van der Waals surface area contributed by atoms with Gasteiger partial charge in [0.1, 0.15) is 6.61 Å². The van der Waals surface area contributed by atoms with E-state index >= 15 is 0 Å². The van der Waals surface area contributed by atoms with Gasteiger partial charge in [0.2, 0.25) is 11.8 Å². The lowest BCUT2D eigenvalue weighted by Gasteiger charge is -2.38. The summed E-state index contributed by atoms with van der Waals surface area (Å²) in [6.07, 6.45) is -0.267. The highest BCUT2D eigenvalue weighted by Gasteiger charge is 2.50. The SMILES string of the molecule is Cc1cc(N2CC(O)C2)cc(OCc2ccc([C@@H](C)[C@@]3(C)C(=O)NC[C@@H]3CF)cc2)n1. The number of ether oxygens (including phenoxy) is 1. The summed E-state index contributed by atoms with van der Waals surface area (Å²) in [7, 11) is 0. The van der Waals surface area contributed by atoms with Gasteiger partial charge in [0.25, 0.3) is 0 Å². The van der Waals surface area contributed by atoms with E-state index in [2.05, 4.69) is 15.2 Å². The summed E-state index contributed by atoms with van der Waals surface area (Å²) >= 11 is 0. The Hall–Kier alpha value is -2.67. The molecule has 2 saturated heterocycles. The number of hydrogen-bond donors (Lipinski definition) is 2. The highest BCUT2D eigenvalue weighted by atomic mass is 19.1. The smallest absolute Gasteiger partial charge is 0.227 e. The second-order valence-corrected chi connectivity index (χ2v) is 8.96. The minimum Gasteiger partial charge on any atom is -0.473 e. The topological polar surface area (TPSA) is 74.7 Å². The van der Waals surface area contributed by atoms with Crippen molar-refractivity contribution in [1.82, 2.24) is 10.3 Å². The maximum atomic E-state index is 13.5. The number of amides is 1. The number of anilines is 1. The minimum atomic E-state index is -0.751. The van der Waals surface area contributed by atoms with Crippen molar-refractivity contribution in [3.63, 3.8) is 0 Å². The number of benzene rings is 1. The number of carbonyl (C=O) groups is 1. The van der Waals surface area contributed by atoms with Crippen molar-refractivity contribution in [2.75, 3.05) is 31.2 Å². The number of aryl methyl sites for hydroxylation is 1. The van der Waals surface area contributed by atoms with Gasteiger partial charge in [-0.2, -0.15) is 0 Å². The summed E-state index contributed by atoms with van der Waals surface area (Å²) in [4.78, 5) is 19.0. The van der Waals surface area contributed by atoms with Gasteiger partial charge in [-0.05, 0) is 37.0 Å². The molecule has 7 heteroatoms. The molecule has 0 saturated carbocycles. The fourth-order valence-electron chi connectivity index (χ4n) is 4.52. The molecule has 0 unspecified atom stereocenters. The van der Waals surface area contributed by atoms with E-state index in [1.54, 1.807) is 0 Å². The first-order valence-corrected chi connectivity index (χ1v) is 10.8. The van der Waals surface area contributed by atoms with Crippen LogP contribution in [0.5, 0.6) is 5.88 Å². The largest absolute Gasteiger partial charge is 0.473 e. The molecular weight excluding hydrogens is 397 g/mol. The molecule has 0 radical (unpaired) electrons. The number of aliphatic hydroxyl groups is 1. The quantitative estimate of drug-likeness (QED) is 0.711. The number of aromatic nitrogens is 1. The van der Waals surface area contributed by atoms with Crippen LogP contribution in [0.4, 0.5) is 10.1 Å². The number of halogens is 1. The fraction of sp³-hybridized carbons (Fsp3) is 0.500. The van der Waals surface area contributed by atoms with Crippen molar-refractivity contribution < 1.29 is 19.0 Å².